The Kier molecular flexibility index (Phi) is 1.68. The molecule has 0 aliphatic carbocycles. The molecular weight excluding hydrogens is 168 g/mol. The largest absolute Gasteiger partial charge is 0.349 e. The molecule has 0 radical (unpaired) electrons. The Morgan fingerprint density at radius 3 is 2.64 bits per heavy atom. The fourth-order valence-electron chi connectivity index (χ4n) is 0.656. The first kappa shape index (κ1) is 7.78. The van der Waals surface area contributed by atoms with E-state index >= 15 is 0 Å². The van der Waals surface area contributed by atoms with Gasteiger partial charge in [-0.15, -0.1) is 0 Å². The van der Waals surface area contributed by atoms with Gasteiger partial charge in [-0.2, -0.15) is 13.7 Å². The quantitative estimate of drug-likeness (QED) is 0.589. The van der Waals surface area contributed by atoms with Gasteiger partial charge in [-0.25, -0.2) is 0 Å². The first-order valence-electron chi connectivity index (χ1n) is 2.60. The van der Waals surface area contributed by atoms with Gasteiger partial charge in [0.2, 0.25) is 0 Å². The summed E-state index contributed by atoms with van der Waals surface area (Å²) >= 11 is 0. The number of nitriles is 1. The van der Waals surface area contributed by atoms with E-state index in [0.717, 1.165) is 0 Å². The van der Waals surface area contributed by atoms with Gasteiger partial charge in [-0.3, -0.25) is 4.55 Å². The fraction of sp³-hybridized carbons (Fsp3) is 0. The minimum Gasteiger partial charge on any atom is -0.349 e. The Morgan fingerprint density at radius 1 is 1.64 bits per heavy atom. The predicted octanol–water partition coefficient (Wildman–Crippen LogP) is 0.133. The van der Waals surface area contributed by atoms with Gasteiger partial charge < -0.3 is 4.98 Å². The molecule has 6 heteroatoms. The van der Waals surface area contributed by atoms with Crippen LogP contribution in [0.15, 0.2) is 17.3 Å². The first-order valence-corrected chi connectivity index (χ1v) is 4.04. The van der Waals surface area contributed by atoms with Crippen LogP contribution in [-0.2, 0) is 10.1 Å². The SMILES string of the molecule is N#Cc1cc[nH]c1S(=O)(=O)O. The monoisotopic (exact) mass is 172 g/mol. The molecule has 0 fully saturated rings. The van der Waals surface area contributed by atoms with Gasteiger partial charge in [-0.05, 0) is 6.07 Å². The molecule has 1 aromatic rings. The Balaban J connectivity index is 3.39. The van der Waals surface area contributed by atoms with Crippen LogP contribution in [0, 0.1) is 11.3 Å². The van der Waals surface area contributed by atoms with Crippen LogP contribution >= 0.6 is 0 Å². The third kappa shape index (κ3) is 1.39. The van der Waals surface area contributed by atoms with Gasteiger partial charge in [0.1, 0.15) is 6.07 Å². The lowest BCUT2D eigenvalue weighted by atomic mass is 10.4. The van der Waals surface area contributed by atoms with Crippen molar-refractivity contribution in [2.75, 3.05) is 0 Å². The molecule has 0 saturated heterocycles. The molecule has 1 rings (SSSR count). The normalized spacial score (nSPS) is 10.9. The zero-order chi connectivity index (χ0) is 8.48. The van der Waals surface area contributed by atoms with Crippen LogP contribution < -0.4 is 0 Å². The van der Waals surface area contributed by atoms with Crippen molar-refractivity contribution < 1.29 is 13.0 Å². The second-order valence-electron chi connectivity index (χ2n) is 1.81. The van der Waals surface area contributed by atoms with Gasteiger partial charge in [0.25, 0.3) is 0 Å². The molecule has 0 saturated carbocycles. The maximum absolute atomic E-state index is 10.4. The van der Waals surface area contributed by atoms with Crippen molar-refractivity contribution in [3.05, 3.63) is 17.8 Å². The summed E-state index contributed by atoms with van der Waals surface area (Å²) in [6.45, 7) is 0. The molecule has 58 valence electrons. The van der Waals surface area contributed by atoms with E-state index in [0.29, 0.717) is 0 Å². The lowest BCUT2D eigenvalue weighted by Crippen LogP contribution is -2.00. The molecule has 0 aliphatic rings. The molecule has 0 aromatic carbocycles. The van der Waals surface area contributed by atoms with Gasteiger partial charge in [0, 0.05) is 6.20 Å². The molecule has 2 N–H and O–H groups in total. The molecule has 0 amide bonds. The van der Waals surface area contributed by atoms with Crippen LogP contribution in [0.3, 0.4) is 0 Å². The Hall–Kier alpha value is -1.32. The summed E-state index contributed by atoms with van der Waals surface area (Å²) in [5, 5.41) is 7.87. The van der Waals surface area contributed by atoms with Crippen LogP contribution in [0.5, 0.6) is 0 Å². The Bertz CT molecular complexity index is 398. The molecule has 0 bridgehead atoms. The van der Waals surface area contributed by atoms with Crippen molar-refractivity contribution in [1.29, 1.82) is 5.26 Å². The number of aromatic amines is 1. The minimum atomic E-state index is -4.28. The summed E-state index contributed by atoms with van der Waals surface area (Å²) in [5.41, 5.74) is -0.0903. The molecule has 0 aliphatic heterocycles. The molecule has 11 heavy (non-hydrogen) atoms. The molecule has 0 atom stereocenters. The lowest BCUT2D eigenvalue weighted by molar-refractivity contribution is 0.479. The van der Waals surface area contributed by atoms with E-state index in [1.807, 2.05) is 0 Å². The average Bonchev–Trinajstić information content (AvgIpc) is 2.31. The molecule has 5 nitrogen and oxygen atoms in total. The zero-order valence-corrected chi connectivity index (χ0v) is 6.09. The van der Waals surface area contributed by atoms with Crippen LogP contribution in [0.25, 0.3) is 0 Å². The number of nitrogens with one attached hydrogen (secondary N) is 1. The summed E-state index contributed by atoms with van der Waals surface area (Å²) in [6, 6.07) is 2.88. The highest BCUT2D eigenvalue weighted by Gasteiger charge is 2.15. The average molecular weight is 172 g/mol. The predicted molar refractivity (Wildman–Crippen MR) is 35.3 cm³/mol. The first-order chi connectivity index (χ1) is 5.05. The maximum Gasteiger partial charge on any atom is 0.311 e. The van der Waals surface area contributed by atoms with E-state index in [1.165, 1.54) is 12.3 Å². The molecule has 0 unspecified atom stereocenters. The highest BCUT2D eigenvalue weighted by molar-refractivity contribution is 7.85. The van der Waals surface area contributed by atoms with Gasteiger partial charge in [0.15, 0.2) is 5.03 Å². The molecule has 1 heterocycles. The highest BCUT2D eigenvalue weighted by atomic mass is 32.2. The standard InChI is InChI=1S/C5H4N2O3S/c6-3-4-1-2-7-5(4)11(8,9)10/h1-2,7H,(H,8,9,10). The van der Waals surface area contributed by atoms with Crippen LogP contribution in [0.4, 0.5) is 0 Å². The summed E-state index contributed by atoms with van der Waals surface area (Å²) in [6.07, 6.45) is 1.27. The maximum atomic E-state index is 10.4. The van der Waals surface area contributed by atoms with E-state index in [2.05, 4.69) is 4.98 Å². The highest BCUT2D eigenvalue weighted by Crippen LogP contribution is 2.10. The number of aromatic nitrogens is 1. The van der Waals surface area contributed by atoms with Crippen LogP contribution in [0.1, 0.15) is 5.56 Å². The number of nitrogens with zero attached hydrogens (tertiary/aromatic N) is 1. The summed E-state index contributed by atoms with van der Waals surface area (Å²) in [5.74, 6) is 0. The van der Waals surface area contributed by atoms with E-state index in [4.69, 9.17) is 9.81 Å². The van der Waals surface area contributed by atoms with Crippen LogP contribution in [-0.4, -0.2) is 18.0 Å². The topological polar surface area (TPSA) is 94.0 Å². The number of hydrogen-bond donors (Lipinski definition) is 2. The second kappa shape index (κ2) is 2.38. The van der Waals surface area contributed by atoms with Gasteiger partial charge in [-0.1, -0.05) is 0 Å². The summed E-state index contributed by atoms with van der Waals surface area (Å²) in [7, 11) is -4.28. The summed E-state index contributed by atoms with van der Waals surface area (Å²) in [4.78, 5) is 2.24. The van der Waals surface area contributed by atoms with Crippen LogP contribution in [0.2, 0.25) is 0 Å². The van der Waals surface area contributed by atoms with Crippen molar-refractivity contribution in [2.45, 2.75) is 5.03 Å². The second-order valence-corrected chi connectivity index (χ2v) is 3.17. The van der Waals surface area contributed by atoms with Crippen molar-refractivity contribution in [3.63, 3.8) is 0 Å². The fourth-order valence-corrected chi connectivity index (χ4v) is 1.26. The van der Waals surface area contributed by atoms with Gasteiger partial charge >= 0.3 is 10.1 Å². The van der Waals surface area contributed by atoms with Crippen molar-refractivity contribution in [3.8, 4) is 6.07 Å². The molecular formula is C5H4N2O3S. The molecule has 0 spiro atoms. The molecule has 1 aromatic heterocycles. The third-order valence-corrected chi connectivity index (χ3v) is 1.94. The Labute approximate surface area is 63.0 Å². The van der Waals surface area contributed by atoms with Gasteiger partial charge in [0.05, 0.1) is 5.56 Å². The van der Waals surface area contributed by atoms with Crippen molar-refractivity contribution in [2.24, 2.45) is 0 Å². The van der Waals surface area contributed by atoms with E-state index in [1.54, 1.807) is 6.07 Å². The number of rotatable bonds is 1. The van der Waals surface area contributed by atoms with E-state index in [9.17, 15) is 8.42 Å². The van der Waals surface area contributed by atoms with Crippen molar-refractivity contribution in [1.82, 2.24) is 4.98 Å². The smallest absolute Gasteiger partial charge is 0.311 e. The summed E-state index contributed by atoms with van der Waals surface area (Å²) < 4.78 is 29.4. The number of H-pyrrole nitrogens is 1. The van der Waals surface area contributed by atoms with E-state index in [-0.39, 0.29) is 5.56 Å². The Morgan fingerprint density at radius 2 is 2.27 bits per heavy atom. The third-order valence-electron chi connectivity index (χ3n) is 1.09. The van der Waals surface area contributed by atoms with Crippen molar-refractivity contribution >= 4 is 10.1 Å². The van der Waals surface area contributed by atoms with E-state index < -0.39 is 15.1 Å². The minimum absolute atomic E-state index is 0.0903. The lowest BCUT2D eigenvalue weighted by Gasteiger charge is -1.90. The zero-order valence-electron chi connectivity index (χ0n) is 5.27. The number of hydrogen-bond acceptors (Lipinski definition) is 3.